The molecule has 1 heterocycles. The number of carbonyl (C=O) groups excluding carboxylic acids is 1. The van der Waals surface area contributed by atoms with Gasteiger partial charge in [0.15, 0.2) is 0 Å². The van der Waals surface area contributed by atoms with Gasteiger partial charge in [-0.25, -0.2) is 0 Å². The standard InChI is InChI=1S/C9H17NO3/c1-13-9(12)7-2-3-8(4-5-11)10-6-7/h7-8,10-11H,2-6H2,1H3/t7-,8-/m0/s1. The number of nitrogens with one attached hydrogen (secondary N) is 1. The Morgan fingerprint density at radius 1 is 1.62 bits per heavy atom. The molecular formula is C9H17NO3. The third-order valence-electron chi connectivity index (χ3n) is 2.53. The van der Waals surface area contributed by atoms with Crippen LogP contribution in [0.1, 0.15) is 19.3 Å². The Morgan fingerprint density at radius 3 is 2.85 bits per heavy atom. The van der Waals surface area contributed by atoms with Crippen LogP contribution in [0.2, 0.25) is 0 Å². The minimum atomic E-state index is -0.130. The molecule has 0 radical (unpaired) electrons. The van der Waals surface area contributed by atoms with Gasteiger partial charge in [0.05, 0.1) is 13.0 Å². The topological polar surface area (TPSA) is 58.6 Å². The molecular weight excluding hydrogens is 170 g/mol. The van der Waals surface area contributed by atoms with Crippen LogP contribution in [0, 0.1) is 5.92 Å². The van der Waals surface area contributed by atoms with E-state index < -0.39 is 0 Å². The van der Waals surface area contributed by atoms with Crippen LogP contribution in [-0.4, -0.2) is 37.4 Å². The lowest BCUT2D eigenvalue weighted by Crippen LogP contribution is -2.42. The van der Waals surface area contributed by atoms with Gasteiger partial charge >= 0.3 is 5.97 Å². The van der Waals surface area contributed by atoms with E-state index in [0.717, 1.165) is 19.3 Å². The first-order chi connectivity index (χ1) is 6.27. The predicted octanol–water partition coefficient (Wildman–Crippen LogP) is -0.0900. The summed E-state index contributed by atoms with van der Waals surface area (Å²) in [5.41, 5.74) is 0. The molecule has 0 aliphatic carbocycles. The van der Waals surface area contributed by atoms with Gasteiger partial charge in [0.2, 0.25) is 0 Å². The molecule has 0 saturated carbocycles. The summed E-state index contributed by atoms with van der Waals surface area (Å²) < 4.78 is 4.66. The van der Waals surface area contributed by atoms with Gasteiger partial charge in [-0.15, -0.1) is 0 Å². The van der Waals surface area contributed by atoms with Gasteiger partial charge in [-0.2, -0.15) is 0 Å². The third kappa shape index (κ3) is 2.97. The van der Waals surface area contributed by atoms with Crippen LogP contribution in [-0.2, 0) is 9.53 Å². The van der Waals surface area contributed by atoms with Crippen molar-refractivity contribution in [3.05, 3.63) is 0 Å². The van der Waals surface area contributed by atoms with E-state index in [1.54, 1.807) is 0 Å². The lowest BCUT2D eigenvalue weighted by molar-refractivity contribution is -0.146. The van der Waals surface area contributed by atoms with Gasteiger partial charge in [-0.3, -0.25) is 4.79 Å². The van der Waals surface area contributed by atoms with Crippen molar-refractivity contribution in [2.24, 2.45) is 5.92 Å². The van der Waals surface area contributed by atoms with Gasteiger partial charge in [-0.1, -0.05) is 0 Å². The molecule has 76 valence electrons. The molecule has 0 aromatic carbocycles. The molecule has 2 atom stereocenters. The van der Waals surface area contributed by atoms with E-state index in [-0.39, 0.29) is 18.5 Å². The Hall–Kier alpha value is -0.610. The lowest BCUT2D eigenvalue weighted by Gasteiger charge is -2.27. The molecule has 0 unspecified atom stereocenters. The highest BCUT2D eigenvalue weighted by molar-refractivity contribution is 5.72. The molecule has 1 aliphatic rings. The van der Waals surface area contributed by atoms with Crippen molar-refractivity contribution in [2.75, 3.05) is 20.3 Å². The number of carbonyl (C=O) groups is 1. The fourth-order valence-corrected chi connectivity index (χ4v) is 1.69. The van der Waals surface area contributed by atoms with Crippen molar-refractivity contribution in [2.45, 2.75) is 25.3 Å². The largest absolute Gasteiger partial charge is 0.469 e. The average molecular weight is 187 g/mol. The number of esters is 1. The highest BCUT2D eigenvalue weighted by Crippen LogP contribution is 2.16. The minimum absolute atomic E-state index is 0.0000529. The molecule has 1 aliphatic heterocycles. The van der Waals surface area contributed by atoms with E-state index >= 15 is 0 Å². The highest BCUT2D eigenvalue weighted by Gasteiger charge is 2.25. The van der Waals surface area contributed by atoms with Crippen molar-refractivity contribution in [1.82, 2.24) is 5.32 Å². The van der Waals surface area contributed by atoms with E-state index in [1.807, 2.05) is 0 Å². The second-order valence-corrected chi connectivity index (χ2v) is 3.41. The number of aliphatic hydroxyl groups excluding tert-OH is 1. The highest BCUT2D eigenvalue weighted by atomic mass is 16.5. The number of rotatable bonds is 3. The molecule has 1 fully saturated rings. The second kappa shape index (κ2) is 5.19. The Balaban J connectivity index is 2.26. The first-order valence-electron chi connectivity index (χ1n) is 4.70. The summed E-state index contributed by atoms with van der Waals surface area (Å²) in [7, 11) is 1.42. The van der Waals surface area contributed by atoms with E-state index in [2.05, 4.69) is 10.1 Å². The van der Waals surface area contributed by atoms with Gasteiger partial charge in [0, 0.05) is 19.2 Å². The Morgan fingerprint density at radius 2 is 2.38 bits per heavy atom. The summed E-state index contributed by atoms with van der Waals surface area (Å²) in [5.74, 6) is -0.130. The van der Waals surface area contributed by atoms with E-state index in [0.29, 0.717) is 12.6 Å². The van der Waals surface area contributed by atoms with Gasteiger partial charge in [0.25, 0.3) is 0 Å². The monoisotopic (exact) mass is 187 g/mol. The molecule has 0 amide bonds. The van der Waals surface area contributed by atoms with E-state index in [1.165, 1.54) is 7.11 Å². The van der Waals surface area contributed by atoms with Gasteiger partial charge < -0.3 is 15.2 Å². The smallest absolute Gasteiger partial charge is 0.309 e. The Labute approximate surface area is 78.3 Å². The summed E-state index contributed by atoms with van der Waals surface area (Å²) in [6.07, 6.45) is 2.58. The summed E-state index contributed by atoms with van der Waals surface area (Å²) in [6, 6.07) is 0.367. The van der Waals surface area contributed by atoms with E-state index in [4.69, 9.17) is 5.11 Å². The Kier molecular flexibility index (Phi) is 4.18. The zero-order valence-corrected chi connectivity index (χ0v) is 7.95. The summed E-state index contributed by atoms with van der Waals surface area (Å²) in [4.78, 5) is 11.1. The quantitative estimate of drug-likeness (QED) is 0.606. The molecule has 13 heavy (non-hydrogen) atoms. The van der Waals surface area contributed by atoms with Crippen molar-refractivity contribution in [3.8, 4) is 0 Å². The normalized spacial score (nSPS) is 28.5. The van der Waals surface area contributed by atoms with Crippen LogP contribution in [0.4, 0.5) is 0 Å². The second-order valence-electron chi connectivity index (χ2n) is 3.41. The van der Waals surface area contributed by atoms with Crippen LogP contribution in [0.15, 0.2) is 0 Å². The zero-order chi connectivity index (χ0) is 9.68. The Bertz CT molecular complexity index is 164. The minimum Gasteiger partial charge on any atom is -0.469 e. The zero-order valence-electron chi connectivity index (χ0n) is 7.95. The van der Waals surface area contributed by atoms with E-state index in [9.17, 15) is 4.79 Å². The average Bonchev–Trinajstić information content (AvgIpc) is 2.18. The maximum Gasteiger partial charge on any atom is 0.309 e. The van der Waals surface area contributed by atoms with Gasteiger partial charge in [0.1, 0.15) is 0 Å². The molecule has 0 bridgehead atoms. The number of hydrogen-bond acceptors (Lipinski definition) is 4. The number of methoxy groups -OCH3 is 1. The molecule has 1 rings (SSSR count). The summed E-state index contributed by atoms with van der Waals surface area (Å²) in [6.45, 7) is 0.887. The molecule has 1 saturated heterocycles. The fourth-order valence-electron chi connectivity index (χ4n) is 1.69. The van der Waals surface area contributed by atoms with Crippen LogP contribution >= 0.6 is 0 Å². The number of aliphatic hydroxyl groups is 1. The van der Waals surface area contributed by atoms with Crippen molar-refractivity contribution in [1.29, 1.82) is 0 Å². The third-order valence-corrected chi connectivity index (χ3v) is 2.53. The first kappa shape index (κ1) is 10.5. The molecule has 0 spiro atoms. The number of ether oxygens (including phenoxy) is 1. The molecule has 0 aromatic rings. The van der Waals surface area contributed by atoms with Crippen molar-refractivity contribution < 1.29 is 14.6 Å². The maximum atomic E-state index is 11.1. The van der Waals surface area contributed by atoms with Crippen LogP contribution < -0.4 is 5.32 Å². The van der Waals surface area contributed by atoms with Crippen molar-refractivity contribution >= 4 is 5.97 Å². The fraction of sp³-hybridized carbons (Fsp3) is 0.889. The molecule has 4 nitrogen and oxygen atoms in total. The maximum absolute atomic E-state index is 11.1. The predicted molar refractivity (Wildman–Crippen MR) is 48.2 cm³/mol. The molecule has 4 heteroatoms. The summed E-state index contributed by atoms with van der Waals surface area (Å²) in [5, 5.41) is 11.9. The van der Waals surface area contributed by atoms with Crippen molar-refractivity contribution in [3.63, 3.8) is 0 Å². The lowest BCUT2D eigenvalue weighted by atomic mass is 9.93. The van der Waals surface area contributed by atoms with Crippen LogP contribution in [0.3, 0.4) is 0 Å². The number of piperidine rings is 1. The number of hydrogen-bond donors (Lipinski definition) is 2. The molecule has 2 N–H and O–H groups in total. The first-order valence-corrected chi connectivity index (χ1v) is 4.70. The SMILES string of the molecule is COC(=O)[C@H]1CC[C@@H](CCO)NC1. The van der Waals surface area contributed by atoms with Crippen LogP contribution in [0.5, 0.6) is 0 Å². The summed E-state index contributed by atoms with van der Waals surface area (Å²) >= 11 is 0. The molecule has 0 aromatic heterocycles. The van der Waals surface area contributed by atoms with Gasteiger partial charge in [-0.05, 0) is 19.3 Å². The van der Waals surface area contributed by atoms with Crippen LogP contribution in [0.25, 0.3) is 0 Å².